The Morgan fingerprint density at radius 1 is 1.23 bits per heavy atom. The number of carbonyl (C=O) groups is 1. The van der Waals surface area contributed by atoms with Crippen LogP contribution in [0, 0.1) is 5.41 Å². The van der Waals surface area contributed by atoms with Gasteiger partial charge in [0.15, 0.2) is 0 Å². The average Bonchev–Trinajstić information content (AvgIpc) is 2.78. The first-order chi connectivity index (χ1) is 16.4. The van der Waals surface area contributed by atoms with Gasteiger partial charge in [-0.05, 0) is 60.0 Å². The number of methoxy groups -OCH3 is 1. The molecule has 0 radical (unpaired) electrons. The number of benzene rings is 2. The smallest absolute Gasteiger partial charge is 0.390 e. The van der Waals surface area contributed by atoms with Crippen molar-refractivity contribution in [2.24, 2.45) is 21.9 Å². The molecule has 0 saturated heterocycles. The molecule has 10 heteroatoms. The molecule has 2 aromatic carbocycles. The summed E-state index contributed by atoms with van der Waals surface area (Å²) >= 11 is 5.94. The normalized spacial score (nSPS) is 19.5. The summed E-state index contributed by atoms with van der Waals surface area (Å²) in [7, 11) is 1.10. The molecule has 0 bridgehead atoms. The van der Waals surface area contributed by atoms with E-state index in [0.29, 0.717) is 27.2 Å². The lowest BCUT2D eigenvalue weighted by atomic mass is 9.70. The van der Waals surface area contributed by atoms with Gasteiger partial charge in [0.25, 0.3) is 0 Å². The summed E-state index contributed by atoms with van der Waals surface area (Å²) in [5, 5.41) is 12.2. The molecular weight excluding hydrogens is 483 g/mol. The van der Waals surface area contributed by atoms with E-state index in [0.717, 1.165) is 7.11 Å². The zero-order chi connectivity index (χ0) is 25.8. The van der Waals surface area contributed by atoms with E-state index >= 15 is 0 Å². The van der Waals surface area contributed by atoms with E-state index < -0.39 is 36.2 Å². The van der Waals surface area contributed by atoms with Crippen molar-refractivity contribution >= 4 is 40.5 Å². The standard InChI is InChI=1S/C25H25ClF3N3O3/c1-35-22(33)13-24(14-25(27,28)29)10-9-15-11-16(5-6-19(15)23(24)34)20(30)7-8-21(31)32-18-4-2-3-17(26)12-18/h2-8,11-12,34H,9-10,13-14,30H2,1H3,(H2,31,32). The number of halogens is 4. The molecule has 0 aromatic heterocycles. The summed E-state index contributed by atoms with van der Waals surface area (Å²) in [6.45, 7) is 0. The highest BCUT2D eigenvalue weighted by Crippen LogP contribution is 2.46. The molecule has 186 valence electrons. The maximum absolute atomic E-state index is 13.3. The van der Waals surface area contributed by atoms with Crippen LogP contribution in [-0.2, 0) is 16.0 Å². The lowest BCUT2D eigenvalue weighted by molar-refractivity contribution is -0.162. The number of nitrogens with zero attached hydrogens (tertiary/aromatic N) is 1. The minimum Gasteiger partial charge on any atom is -0.511 e. The minimum atomic E-state index is -4.57. The van der Waals surface area contributed by atoms with Gasteiger partial charge in [-0.2, -0.15) is 13.2 Å². The predicted molar refractivity (Wildman–Crippen MR) is 129 cm³/mol. The second kappa shape index (κ2) is 10.4. The Morgan fingerprint density at radius 2 is 1.97 bits per heavy atom. The predicted octanol–water partition coefficient (Wildman–Crippen LogP) is 3.77. The number of esters is 1. The van der Waals surface area contributed by atoms with Crippen molar-refractivity contribution in [3.63, 3.8) is 0 Å². The lowest BCUT2D eigenvalue weighted by Crippen LogP contribution is -2.40. The van der Waals surface area contributed by atoms with Gasteiger partial charge in [-0.1, -0.05) is 29.8 Å². The number of aliphatic hydroxyl groups excluding tert-OH is 1. The number of ether oxygens (including phenoxy) is 1. The Labute approximate surface area is 205 Å². The summed E-state index contributed by atoms with van der Waals surface area (Å²) in [4.78, 5) is 16.1. The van der Waals surface area contributed by atoms with Crippen LogP contribution >= 0.6 is 11.6 Å². The van der Waals surface area contributed by atoms with E-state index in [2.05, 4.69) is 9.73 Å². The quantitative estimate of drug-likeness (QED) is 0.313. The fourth-order valence-corrected chi connectivity index (χ4v) is 4.32. The van der Waals surface area contributed by atoms with Crippen molar-refractivity contribution in [1.29, 1.82) is 0 Å². The van der Waals surface area contributed by atoms with Crippen LogP contribution in [0.2, 0.25) is 5.02 Å². The third-order valence-corrected chi connectivity index (χ3v) is 6.05. The molecule has 2 aromatic rings. The second-order valence-electron chi connectivity index (χ2n) is 8.35. The zero-order valence-electron chi connectivity index (χ0n) is 18.9. The first-order valence-electron chi connectivity index (χ1n) is 10.7. The number of hydrogen-bond acceptors (Lipinski definition) is 5. The van der Waals surface area contributed by atoms with Crippen molar-refractivity contribution < 1.29 is 27.8 Å². The van der Waals surface area contributed by atoms with E-state index in [4.69, 9.17) is 23.1 Å². The van der Waals surface area contributed by atoms with Crippen LogP contribution in [0.5, 0.6) is 0 Å². The summed E-state index contributed by atoms with van der Waals surface area (Å²) in [5.74, 6) is -1.10. The highest BCUT2D eigenvalue weighted by atomic mass is 35.5. The number of alkyl halides is 3. The van der Waals surface area contributed by atoms with Crippen LogP contribution < -0.4 is 21.9 Å². The highest BCUT2D eigenvalue weighted by Gasteiger charge is 2.48. The van der Waals surface area contributed by atoms with Gasteiger partial charge < -0.3 is 21.3 Å². The second-order valence-corrected chi connectivity index (χ2v) is 8.79. The van der Waals surface area contributed by atoms with E-state index in [1.54, 1.807) is 42.5 Å². The Hall–Kier alpha value is -3.46. The van der Waals surface area contributed by atoms with Crippen molar-refractivity contribution in [1.82, 2.24) is 0 Å². The maximum Gasteiger partial charge on any atom is 0.390 e. The first kappa shape index (κ1) is 26.2. The number of aliphatic hydroxyl groups is 1. The van der Waals surface area contributed by atoms with Crippen molar-refractivity contribution in [3.8, 4) is 0 Å². The van der Waals surface area contributed by atoms with Gasteiger partial charge in [0.1, 0.15) is 11.6 Å². The SMILES string of the molecule is COC(=O)CC1(CC(F)(F)F)CCc2cc(=C(N)C=CC(N)=Nc3cccc(Cl)c3)ccc2=C1O. The van der Waals surface area contributed by atoms with Crippen LogP contribution in [0.25, 0.3) is 11.5 Å². The van der Waals surface area contributed by atoms with Gasteiger partial charge in [0, 0.05) is 21.4 Å². The molecule has 1 aliphatic carbocycles. The van der Waals surface area contributed by atoms with Gasteiger partial charge in [-0.25, -0.2) is 4.99 Å². The highest BCUT2D eigenvalue weighted by molar-refractivity contribution is 6.30. The average molecular weight is 508 g/mol. The minimum absolute atomic E-state index is 0.0706. The summed E-state index contributed by atoms with van der Waals surface area (Å²) in [6.07, 6.45) is -3.25. The van der Waals surface area contributed by atoms with Gasteiger partial charge in [-0.3, -0.25) is 4.79 Å². The Morgan fingerprint density at radius 3 is 2.63 bits per heavy atom. The fourth-order valence-electron chi connectivity index (χ4n) is 4.13. The number of carbonyl (C=O) groups excluding carboxylic acids is 1. The molecule has 1 atom stereocenters. The van der Waals surface area contributed by atoms with Crippen LogP contribution in [0.1, 0.15) is 24.8 Å². The number of aliphatic imine (C=N–C) groups is 1. The fraction of sp³-hybridized carbons (Fsp3) is 0.280. The van der Waals surface area contributed by atoms with Crippen LogP contribution in [0.4, 0.5) is 18.9 Å². The number of amidine groups is 1. The molecule has 5 N–H and O–H groups in total. The third-order valence-electron chi connectivity index (χ3n) is 5.82. The molecule has 0 heterocycles. The Balaban J connectivity index is 1.97. The third kappa shape index (κ3) is 6.57. The van der Waals surface area contributed by atoms with Gasteiger partial charge in [-0.15, -0.1) is 0 Å². The van der Waals surface area contributed by atoms with Crippen molar-refractivity contribution in [3.05, 3.63) is 75.6 Å². The molecule has 0 saturated carbocycles. The molecule has 6 nitrogen and oxygen atoms in total. The van der Waals surface area contributed by atoms with E-state index in [-0.39, 0.29) is 23.9 Å². The lowest BCUT2D eigenvalue weighted by Gasteiger charge is -2.36. The van der Waals surface area contributed by atoms with Gasteiger partial charge in [0.05, 0.1) is 25.6 Å². The van der Waals surface area contributed by atoms with E-state index in [1.807, 2.05) is 0 Å². The van der Waals surface area contributed by atoms with Gasteiger partial charge >= 0.3 is 12.1 Å². The number of hydrogen-bond donors (Lipinski definition) is 3. The summed E-state index contributed by atoms with van der Waals surface area (Å²) in [6, 6.07) is 11.6. The maximum atomic E-state index is 13.3. The van der Waals surface area contributed by atoms with Crippen LogP contribution in [0.15, 0.2) is 59.6 Å². The molecule has 0 amide bonds. The Bertz CT molecular complexity index is 1310. The van der Waals surface area contributed by atoms with E-state index in [9.17, 15) is 23.1 Å². The molecule has 0 spiro atoms. The summed E-state index contributed by atoms with van der Waals surface area (Å²) < 4.78 is 44.6. The topological polar surface area (TPSA) is 111 Å². The molecule has 3 rings (SSSR count). The van der Waals surface area contributed by atoms with E-state index in [1.165, 1.54) is 12.1 Å². The van der Waals surface area contributed by atoms with Crippen molar-refractivity contribution in [2.75, 3.05) is 7.11 Å². The summed E-state index contributed by atoms with van der Waals surface area (Å²) in [5.41, 5.74) is 11.9. The number of fused-ring (bicyclic) bond motifs is 1. The zero-order valence-corrected chi connectivity index (χ0v) is 19.7. The van der Waals surface area contributed by atoms with Crippen LogP contribution in [-0.4, -0.2) is 30.2 Å². The molecule has 0 aliphatic heterocycles. The van der Waals surface area contributed by atoms with Gasteiger partial charge in [0.2, 0.25) is 0 Å². The van der Waals surface area contributed by atoms with Crippen LogP contribution in [0.3, 0.4) is 0 Å². The Kier molecular flexibility index (Phi) is 7.80. The monoisotopic (exact) mass is 507 g/mol. The molecule has 1 aliphatic rings. The number of aryl methyl sites for hydroxylation is 1. The molecule has 0 fully saturated rings. The molecular formula is C25H25ClF3N3O3. The number of rotatable bonds is 6. The first-order valence-corrected chi connectivity index (χ1v) is 11.0. The van der Waals surface area contributed by atoms with Crippen molar-refractivity contribution in [2.45, 2.75) is 31.9 Å². The number of nitrogens with two attached hydrogens (primary N) is 2. The molecule has 35 heavy (non-hydrogen) atoms. The largest absolute Gasteiger partial charge is 0.511 e. The molecule has 1 unspecified atom stereocenters.